The quantitative estimate of drug-likeness (QED) is 0.909. The lowest BCUT2D eigenvalue weighted by Crippen LogP contribution is -2.11. The fourth-order valence-corrected chi connectivity index (χ4v) is 2.52. The third kappa shape index (κ3) is 2.80. The second kappa shape index (κ2) is 5.21. The van der Waals surface area contributed by atoms with Gasteiger partial charge in [0.1, 0.15) is 11.9 Å². The van der Waals surface area contributed by atoms with Crippen LogP contribution < -0.4 is 5.32 Å². The largest absolute Gasteiger partial charge is 0.320 e. The predicted molar refractivity (Wildman–Crippen MR) is 72.9 cm³/mol. The Morgan fingerprint density at radius 2 is 2.11 bits per heavy atom. The third-order valence-electron chi connectivity index (χ3n) is 2.74. The Kier molecular flexibility index (Phi) is 3.63. The van der Waals surface area contributed by atoms with E-state index in [0.717, 1.165) is 16.5 Å². The fraction of sp³-hybridized carbons (Fsp3) is 0.143. The summed E-state index contributed by atoms with van der Waals surface area (Å²) in [5.41, 5.74) is 1.48. The molecule has 3 nitrogen and oxygen atoms in total. The van der Waals surface area contributed by atoms with Gasteiger partial charge in [-0.2, -0.15) is 5.26 Å². The zero-order chi connectivity index (χ0) is 14.0. The number of nitriles is 1. The number of nitrogens with zero attached hydrogens (tertiary/aromatic N) is 1. The van der Waals surface area contributed by atoms with Crippen LogP contribution in [0.4, 0.5) is 10.1 Å². The highest BCUT2D eigenvalue weighted by molar-refractivity contribution is 7.14. The summed E-state index contributed by atoms with van der Waals surface area (Å²) in [5, 5.41) is 11.5. The molecule has 0 radical (unpaired) electrons. The summed E-state index contributed by atoms with van der Waals surface area (Å²) in [6.07, 6.45) is 0. The molecule has 2 rings (SSSR count). The van der Waals surface area contributed by atoms with Crippen LogP contribution in [0.5, 0.6) is 0 Å². The number of carbonyl (C=O) groups is 1. The Bertz CT molecular complexity index is 666. The molecular weight excluding hydrogens is 263 g/mol. The molecule has 0 bridgehead atoms. The summed E-state index contributed by atoms with van der Waals surface area (Å²) < 4.78 is 13.0. The van der Waals surface area contributed by atoms with Crippen LogP contribution in [0, 0.1) is 31.0 Å². The van der Waals surface area contributed by atoms with Gasteiger partial charge in [0.15, 0.2) is 0 Å². The van der Waals surface area contributed by atoms with E-state index in [0.29, 0.717) is 10.6 Å². The van der Waals surface area contributed by atoms with Crippen molar-refractivity contribution in [1.82, 2.24) is 0 Å². The normalized spacial score (nSPS) is 10.0. The van der Waals surface area contributed by atoms with Gasteiger partial charge in [-0.05, 0) is 43.7 Å². The summed E-state index contributed by atoms with van der Waals surface area (Å²) in [5.74, 6) is -0.790. The summed E-state index contributed by atoms with van der Waals surface area (Å²) in [6.45, 7) is 3.87. The molecule has 0 spiro atoms. The lowest BCUT2D eigenvalue weighted by molar-refractivity contribution is 0.103. The number of hydrogen-bond donors (Lipinski definition) is 1. The summed E-state index contributed by atoms with van der Waals surface area (Å²) >= 11 is 1.39. The highest BCUT2D eigenvalue weighted by Crippen LogP contribution is 2.23. The van der Waals surface area contributed by atoms with Crippen LogP contribution >= 0.6 is 11.3 Å². The van der Waals surface area contributed by atoms with Crippen LogP contribution in [0.1, 0.15) is 25.7 Å². The van der Waals surface area contributed by atoms with E-state index in [-0.39, 0.29) is 11.5 Å². The first kappa shape index (κ1) is 13.2. The molecule has 5 heteroatoms. The van der Waals surface area contributed by atoms with Crippen molar-refractivity contribution in [2.75, 3.05) is 5.32 Å². The van der Waals surface area contributed by atoms with Crippen LogP contribution in [0.3, 0.4) is 0 Å². The molecule has 0 aliphatic rings. The number of rotatable bonds is 2. The molecular formula is C14H11FN2OS. The number of benzene rings is 1. The molecule has 0 saturated carbocycles. The number of hydrogen-bond acceptors (Lipinski definition) is 3. The van der Waals surface area contributed by atoms with Crippen molar-refractivity contribution in [2.45, 2.75) is 13.8 Å². The number of thiophene rings is 1. The average Bonchev–Trinajstić information content (AvgIpc) is 2.72. The molecule has 1 aromatic carbocycles. The standard InChI is InChI=1S/C14H11FN2OS/c1-8-5-13(19-9(8)2)14(18)17-12-4-3-11(15)6-10(12)7-16/h3-6H,1-2H3,(H,17,18). The number of anilines is 1. The van der Waals surface area contributed by atoms with Crippen LogP contribution in [0.15, 0.2) is 24.3 Å². The van der Waals surface area contributed by atoms with Crippen LogP contribution in [-0.4, -0.2) is 5.91 Å². The number of aryl methyl sites for hydroxylation is 2. The van der Waals surface area contributed by atoms with Gasteiger partial charge in [0.25, 0.3) is 5.91 Å². The van der Waals surface area contributed by atoms with Crippen LogP contribution in [-0.2, 0) is 0 Å². The van der Waals surface area contributed by atoms with Crippen molar-refractivity contribution in [3.63, 3.8) is 0 Å². The SMILES string of the molecule is Cc1cc(C(=O)Nc2ccc(F)cc2C#N)sc1C. The van der Waals surface area contributed by atoms with E-state index in [9.17, 15) is 9.18 Å². The Hall–Kier alpha value is -2.19. The van der Waals surface area contributed by atoms with Crippen molar-refractivity contribution >= 4 is 22.9 Å². The highest BCUT2D eigenvalue weighted by atomic mass is 32.1. The minimum atomic E-state index is -0.502. The van der Waals surface area contributed by atoms with E-state index >= 15 is 0 Å². The molecule has 1 aromatic heterocycles. The first-order chi connectivity index (χ1) is 9.01. The summed E-state index contributed by atoms with van der Waals surface area (Å²) in [7, 11) is 0. The van der Waals surface area contributed by atoms with Crippen molar-refractivity contribution in [3.05, 3.63) is 51.0 Å². The molecule has 96 valence electrons. The van der Waals surface area contributed by atoms with Gasteiger partial charge in [-0.1, -0.05) is 0 Å². The van der Waals surface area contributed by atoms with Crippen LogP contribution in [0.2, 0.25) is 0 Å². The molecule has 1 heterocycles. The van der Waals surface area contributed by atoms with E-state index < -0.39 is 5.82 Å². The molecule has 0 atom stereocenters. The van der Waals surface area contributed by atoms with Crippen LogP contribution in [0.25, 0.3) is 0 Å². The van der Waals surface area contributed by atoms with Gasteiger partial charge in [0.2, 0.25) is 0 Å². The van der Waals surface area contributed by atoms with Gasteiger partial charge >= 0.3 is 0 Å². The van der Waals surface area contributed by atoms with Gasteiger partial charge in [0, 0.05) is 4.88 Å². The first-order valence-electron chi connectivity index (χ1n) is 5.59. The van der Waals surface area contributed by atoms with E-state index in [2.05, 4.69) is 5.32 Å². The molecule has 0 aliphatic heterocycles. The van der Waals surface area contributed by atoms with Crippen molar-refractivity contribution in [1.29, 1.82) is 5.26 Å². The van der Waals surface area contributed by atoms with Gasteiger partial charge in [-0.25, -0.2) is 4.39 Å². The number of amides is 1. The third-order valence-corrected chi connectivity index (χ3v) is 3.89. The predicted octanol–water partition coefficient (Wildman–Crippen LogP) is 3.63. The van der Waals surface area contributed by atoms with Gasteiger partial charge < -0.3 is 5.32 Å². The highest BCUT2D eigenvalue weighted by Gasteiger charge is 2.13. The van der Waals surface area contributed by atoms with E-state index in [1.165, 1.54) is 23.5 Å². The molecule has 0 saturated heterocycles. The van der Waals surface area contributed by atoms with Crippen molar-refractivity contribution in [3.8, 4) is 6.07 Å². The van der Waals surface area contributed by atoms with Gasteiger partial charge in [-0.3, -0.25) is 4.79 Å². The number of halogens is 1. The zero-order valence-corrected chi connectivity index (χ0v) is 11.3. The number of nitrogens with one attached hydrogen (secondary N) is 1. The summed E-state index contributed by atoms with van der Waals surface area (Å²) in [4.78, 5) is 13.7. The molecule has 2 aromatic rings. The van der Waals surface area contributed by atoms with E-state index in [1.807, 2.05) is 19.9 Å². The zero-order valence-electron chi connectivity index (χ0n) is 10.5. The maximum Gasteiger partial charge on any atom is 0.265 e. The maximum atomic E-state index is 13.0. The Morgan fingerprint density at radius 1 is 1.37 bits per heavy atom. The lowest BCUT2D eigenvalue weighted by Gasteiger charge is -2.05. The smallest absolute Gasteiger partial charge is 0.265 e. The number of carbonyl (C=O) groups excluding carboxylic acids is 1. The average molecular weight is 274 g/mol. The second-order valence-electron chi connectivity index (χ2n) is 4.11. The molecule has 0 fully saturated rings. The monoisotopic (exact) mass is 274 g/mol. The minimum absolute atomic E-state index is 0.110. The summed E-state index contributed by atoms with van der Waals surface area (Å²) in [6, 6.07) is 7.35. The molecule has 0 unspecified atom stereocenters. The van der Waals surface area contributed by atoms with Crippen molar-refractivity contribution in [2.24, 2.45) is 0 Å². The molecule has 19 heavy (non-hydrogen) atoms. The van der Waals surface area contributed by atoms with Gasteiger partial charge in [0.05, 0.1) is 16.1 Å². The first-order valence-corrected chi connectivity index (χ1v) is 6.41. The second-order valence-corrected chi connectivity index (χ2v) is 5.36. The van der Waals surface area contributed by atoms with E-state index in [4.69, 9.17) is 5.26 Å². The fourth-order valence-electron chi connectivity index (χ4n) is 1.59. The molecule has 0 aliphatic carbocycles. The Morgan fingerprint density at radius 3 is 2.68 bits per heavy atom. The lowest BCUT2D eigenvalue weighted by atomic mass is 10.2. The maximum absolute atomic E-state index is 13.0. The van der Waals surface area contributed by atoms with Crippen molar-refractivity contribution < 1.29 is 9.18 Å². The Balaban J connectivity index is 2.27. The minimum Gasteiger partial charge on any atom is -0.320 e. The molecule has 1 N–H and O–H groups in total. The van der Waals surface area contributed by atoms with E-state index in [1.54, 1.807) is 6.07 Å². The topological polar surface area (TPSA) is 52.9 Å². The Labute approximate surface area is 114 Å². The van der Waals surface area contributed by atoms with Gasteiger partial charge in [-0.15, -0.1) is 11.3 Å². The molecule has 1 amide bonds.